The monoisotopic (exact) mass is 283 g/mol. The summed E-state index contributed by atoms with van der Waals surface area (Å²) in [5, 5.41) is 0. The highest BCUT2D eigenvalue weighted by molar-refractivity contribution is 9.18. The third-order valence-corrected chi connectivity index (χ3v) is 3.79. The zero-order valence-corrected chi connectivity index (χ0v) is 11.9. The van der Waals surface area contributed by atoms with Gasteiger partial charge in [0.25, 0.3) is 4.82 Å². The predicted molar refractivity (Wildman–Crippen MR) is 71.3 cm³/mol. The molecule has 88 valence electrons. The first-order valence-electron chi connectivity index (χ1n) is 5.39. The van der Waals surface area contributed by atoms with Crippen LogP contribution in [0.15, 0.2) is 12.1 Å². The van der Waals surface area contributed by atoms with Crippen LogP contribution in [-0.4, -0.2) is 23.3 Å². The SMILES string of the molecule is Cc1ccc(CCN(C)C(=O)Br)c(C)c1C. The van der Waals surface area contributed by atoms with Crippen molar-refractivity contribution in [2.75, 3.05) is 13.6 Å². The van der Waals surface area contributed by atoms with Crippen LogP contribution < -0.4 is 0 Å². The van der Waals surface area contributed by atoms with Crippen LogP contribution in [0, 0.1) is 20.8 Å². The first-order chi connectivity index (χ1) is 7.43. The van der Waals surface area contributed by atoms with Crippen molar-refractivity contribution in [3.8, 4) is 0 Å². The van der Waals surface area contributed by atoms with Crippen molar-refractivity contribution in [3.63, 3.8) is 0 Å². The molecule has 0 N–H and O–H groups in total. The molecule has 1 aromatic carbocycles. The minimum Gasteiger partial charge on any atom is -0.336 e. The molecule has 0 aliphatic rings. The number of nitrogens with zero attached hydrogens (tertiary/aromatic N) is 1. The van der Waals surface area contributed by atoms with Crippen molar-refractivity contribution in [1.82, 2.24) is 4.90 Å². The van der Waals surface area contributed by atoms with Crippen LogP contribution in [-0.2, 0) is 6.42 Å². The Morgan fingerprint density at radius 2 is 1.88 bits per heavy atom. The fraction of sp³-hybridized carbons (Fsp3) is 0.462. The summed E-state index contributed by atoms with van der Waals surface area (Å²) in [5.41, 5.74) is 5.34. The number of benzene rings is 1. The van der Waals surface area contributed by atoms with E-state index in [4.69, 9.17) is 0 Å². The molecule has 0 bridgehead atoms. The van der Waals surface area contributed by atoms with Gasteiger partial charge < -0.3 is 4.90 Å². The Balaban J connectivity index is 2.75. The van der Waals surface area contributed by atoms with Crippen LogP contribution in [0.1, 0.15) is 22.3 Å². The summed E-state index contributed by atoms with van der Waals surface area (Å²) in [7, 11) is 1.80. The molecular weight excluding hydrogens is 266 g/mol. The first-order valence-corrected chi connectivity index (χ1v) is 6.19. The topological polar surface area (TPSA) is 20.3 Å². The van der Waals surface area contributed by atoms with E-state index in [1.54, 1.807) is 11.9 Å². The third kappa shape index (κ3) is 3.08. The van der Waals surface area contributed by atoms with E-state index in [9.17, 15) is 4.79 Å². The van der Waals surface area contributed by atoms with Crippen molar-refractivity contribution in [1.29, 1.82) is 0 Å². The molecule has 16 heavy (non-hydrogen) atoms. The number of amides is 1. The highest BCUT2D eigenvalue weighted by Gasteiger charge is 2.07. The number of likely N-dealkylation sites (N-methyl/N-ethyl adjacent to an activating group) is 1. The largest absolute Gasteiger partial charge is 0.336 e. The standard InChI is InChI=1S/C13H18BrNO/c1-9-5-6-12(11(3)10(9)2)7-8-15(4)13(14)16/h5-6H,7-8H2,1-4H3. The molecule has 1 amide bonds. The third-order valence-electron chi connectivity index (χ3n) is 3.19. The molecule has 0 heterocycles. The van der Waals surface area contributed by atoms with E-state index in [-0.39, 0.29) is 4.82 Å². The number of carbonyl (C=O) groups is 1. The van der Waals surface area contributed by atoms with Crippen molar-refractivity contribution in [3.05, 3.63) is 34.4 Å². The lowest BCUT2D eigenvalue weighted by Crippen LogP contribution is -2.23. The normalized spacial score (nSPS) is 10.3. The number of rotatable bonds is 3. The summed E-state index contributed by atoms with van der Waals surface area (Å²) < 4.78 is 0. The fourth-order valence-electron chi connectivity index (χ4n) is 1.66. The Kier molecular flexibility index (Phi) is 4.54. The molecule has 2 nitrogen and oxygen atoms in total. The van der Waals surface area contributed by atoms with Gasteiger partial charge in [0.05, 0.1) is 0 Å². The van der Waals surface area contributed by atoms with E-state index in [0.717, 1.165) is 13.0 Å². The molecular formula is C13H18BrNO. The second-order valence-corrected chi connectivity index (χ2v) is 4.89. The minimum absolute atomic E-state index is 0.0611. The van der Waals surface area contributed by atoms with E-state index in [0.29, 0.717) is 0 Å². The van der Waals surface area contributed by atoms with Gasteiger partial charge in [0.2, 0.25) is 0 Å². The van der Waals surface area contributed by atoms with Gasteiger partial charge in [-0.3, -0.25) is 4.79 Å². The predicted octanol–water partition coefficient (Wildman–Crippen LogP) is 3.60. The maximum atomic E-state index is 11.0. The van der Waals surface area contributed by atoms with E-state index < -0.39 is 0 Å². The zero-order chi connectivity index (χ0) is 12.3. The molecule has 3 heteroatoms. The zero-order valence-electron chi connectivity index (χ0n) is 10.3. The molecule has 0 saturated heterocycles. The molecule has 0 spiro atoms. The van der Waals surface area contributed by atoms with Crippen molar-refractivity contribution in [2.24, 2.45) is 0 Å². The van der Waals surface area contributed by atoms with E-state index in [1.807, 2.05) is 0 Å². The van der Waals surface area contributed by atoms with Crippen LogP contribution in [0.3, 0.4) is 0 Å². The summed E-state index contributed by atoms with van der Waals surface area (Å²) in [6.07, 6.45) is 0.904. The Labute approximate surface area is 106 Å². The number of aryl methyl sites for hydroxylation is 1. The molecule has 1 rings (SSSR count). The Morgan fingerprint density at radius 3 is 2.44 bits per heavy atom. The highest BCUT2D eigenvalue weighted by Crippen LogP contribution is 2.17. The molecule has 0 saturated carbocycles. The average Bonchev–Trinajstić information content (AvgIpc) is 2.24. The molecule has 0 unspecified atom stereocenters. The van der Waals surface area contributed by atoms with Gasteiger partial charge in [0, 0.05) is 29.5 Å². The average molecular weight is 284 g/mol. The van der Waals surface area contributed by atoms with Crippen LogP contribution in [0.5, 0.6) is 0 Å². The van der Waals surface area contributed by atoms with Crippen LogP contribution >= 0.6 is 15.9 Å². The van der Waals surface area contributed by atoms with Crippen molar-refractivity contribution < 1.29 is 4.79 Å². The van der Waals surface area contributed by atoms with Crippen LogP contribution in [0.2, 0.25) is 0 Å². The lowest BCUT2D eigenvalue weighted by Gasteiger charge is -2.16. The first kappa shape index (κ1) is 13.2. The van der Waals surface area contributed by atoms with Gasteiger partial charge in [-0.1, -0.05) is 12.1 Å². The summed E-state index contributed by atoms with van der Waals surface area (Å²) in [4.78, 5) is 12.6. The number of hydrogen-bond donors (Lipinski definition) is 0. The number of hydrogen-bond acceptors (Lipinski definition) is 1. The Bertz CT molecular complexity index is 401. The van der Waals surface area contributed by atoms with E-state index in [1.165, 1.54) is 22.3 Å². The van der Waals surface area contributed by atoms with Crippen LogP contribution in [0.4, 0.5) is 4.79 Å². The molecule has 0 fully saturated rings. The van der Waals surface area contributed by atoms with E-state index >= 15 is 0 Å². The molecule has 0 aliphatic heterocycles. The molecule has 0 radical (unpaired) electrons. The van der Waals surface area contributed by atoms with Gasteiger partial charge in [0.1, 0.15) is 0 Å². The molecule has 0 aliphatic carbocycles. The van der Waals surface area contributed by atoms with Gasteiger partial charge in [-0.15, -0.1) is 0 Å². The summed E-state index contributed by atoms with van der Waals surface area (Å²) >= 11 is 2.94. The number of carbonyl (C=O) groups excluding carboxylic acids is 1. The summed E-state index contributed by atoms with van der Waals surface area (Å²) in [6, 6.07) is 4.30. The van der Waals surface area contributed by atoms with Gasteiger partial charge in [-0.2, -0.15) is 0 Å². The molecule has 0 atom stereocenters. The van der Waals surface area contributed by atoms with Crippen molar-refractivity contribution >= 4 is 20.7 Å². The molecule has 1 aromatic rings. The lowest BCUT2D eigenvalue weighted by molar-refractivity contribution is 0.235. The van der Waals surface area contributed by atoms with Crippen LogP contribution in [0.25, 0.3) is 0 Å². The second kappa shape index (κ2) is 5.48. The maximum Gasteiger partial charge on any atom is 0.289 e. The fourth-order valence-corrected chi connectivity index (χ4v) is 1.84. The molecule has 0 aromatic heterocycles. The highest BCUT2D eigenvalue weighted by atomic mass is 79.9. The number of halogens is 1. The second-order valence-electron chi connectivity index (χ2n) is 4.22. The Hall–Kier alpha value is -0.830. The maximum absolute atomic E-state index is 11.0. The summed E-state index contributed by atoms with van der Waals surface area (Å²) in [6.45, 7) is 7.16. The smallest absolute Gasteiger partial charge is 0.289 e. The quantitative estimate of drug-likeness (QED) is 0.613. The van der Waals surface area contributed by atoms with Gasteiger partial charge in [-0.25, -0.2) is 0 Å². The van der Waals surface area contributed by atoms with E-state index in [2.05, 4.69) is 48.8 Å². The Morgan fingerprint density at radius 1 is 1.25 bits per heavy atom. The van der Waals surface area contributed by atoms with Gasteiger partial charge >= 0.3 is 0 Å². The lowest BCUT2D eigenvalue weighted by atomic mass is 9.97. The van der Waals surface area contributed by atoms with Gasteiger partial charge in [0.15, 0.2) is 0 Å². The van der Waals surface area contributed by atoms with Gasteiger partial charge in [-0.05, 0) is 49.4 Å². The minimum atomic E-state index is -0.0611. The summed E-state index contributed by atoms with van der Waals surface area (Å²) in [5.74, 6) is 0. The van der Waals surface area contributed by atoms with Crippen molar-refractivity contribution in [2.45, 2.75) is 27.2 Å².